The number of rotatable bonds is 5. The molecule has 5 nitrogen and oxygen atoms in total. The number of nitrogens with zero attached hydrogens (tertiary/aromatic N) is 1. The Bertz CT molecular complexity index is 623. The van der Waals surface area contributed by atoms with Gasteiger partial charge in [-0.3, -0.25) is 0 Å². The molecule has 122 valence electrons. The largest absolute Gasteiger partial charge is 2.00 e. The van der Waals surface area contributed by atoms with E-state index in [1.54, 1.807) is 0 Å². The summed E-state index contributed by atoms with van der Waals surface area (Å²) in [6.45, 7) is -0.348. The van der Waals surface area contributed by atoms with E-state index in [-0.39, 0.29) is 26.4 Å². The number of benzene rings is 1. The first kappa shape index (κ1) is 16.9. The maximum Gasteiger partial charge on any atom is -2.00 e. The molecule has 1 aliphatic heterocycles. The fourth-order valence-electron chi connectivity index (χ4n) is 2.48. The average Bonchev–Trinajstić information content (AvgIpc) is 2.45. The van der Waals surface area contributed by atoms with E-state index in [0.29, 0.717) is 32.5 Å². The van der Waals surface area contributed by atoms with Gasteiger partial charge in [0, 0.05) is 0 Å². The molecule has 0 atom stereocenters. The maximum atomic E-state index is 13.3. The van der Waals surface area contributed by atoms with Crippen LogP contribution in [0.3, 0.4) is 0 Å². The molecule has 23 heavy (non-hydrogen) atoms. The van der Waals surface area contributed by atoms with Crippen LogP contribution >= 0.6 is 11.6 Å². The van der Waals surface area contributed by atoms with Crippen molar-refractivity contribution in [3.8, 4) is 0 Å². The SMILES string of the molecule is [2H]C([2H])(NC(=O)c1cc(F)cc(Cl)c1)C1CCN(C[C]([Li])=O)CC1.[O-2]. The minimum atomic E-state index is -1.92. The fraction of sp³-hybridized carbons (Fsp3) is 0.467. The summed E-state index contributed by atoms with van der Waals surface area (Å²) in [6, 6.07) is 3.40. The molecule has 1 aromatic carbocycles. The Morgan fingerprint density at radius 2 is 2.04 bits per heavy atom. The van der Waals surface area contributed by atoms with Gasteiger partial charge in [-0.1, -0.05) is 11.6 Å². The summed E-state index contributed by atoms with van der Waals surface area (Å²) in [6.07, 6.45) is 1.06. The molecule has 2 rings (SSSR count). The predicted octanol–water partition coefficient (Wildman–Crippen LogP) is 1.50. The summed E-state index contributed by atoms with van der Waals surface area (Å²) in [5.41, 5.74) is -0.0158. The van der Waals surface area contributed by atoms with Crippen molar-refractivity contribution < 1.29 is 22.2 Å². The zero-order valence-electron chi connectivity index (χ0n) is 14.8. The van der Waals surface area contributed by atoms with Crippen molar-refractivity contribution in [2.24, 2.45) is 5.92 Å². The van der Waals surface area contributed by atoms with E-state index in [1.165, 1.54) is 23.8 Å². The second-order valence-corrected chi connectivity index (χ2v) is 5.95. The van der Waals surface area contributed by atoms with Crippen LogP contribution in [0.1, 0.15) is 25.9 Å². The second kappa shape index (κ2) is 9.41. The molecule has 0 spiro atoms. The number of hydrogen-bond acceptors (Lipinski definition) is 3. The zero-order chi connectivity index (χ0) is 17.9. The van der Waals surface area contributed by atoms with Gasteiger partial charge in [-0.25, -0.2) is 4.39 Å². The Morgan fingerprint density at radius 3 is 2.61 bits per heavy atom. The van der Waals surface area contributed by atoms with E-state index in [1.807, 2.05) is 4.90 Å². The van der Waals surface area contributed by atoms with E-state index >= 15 is 0 Å². The van der Waals surface area contributed by atoms with Crippen molar-refractivity contribution >= 4 is 39.7 Å². The topological polar surface area (TPSA) is 77.9 Å². The fourth-order valence-corrected chi connectivity index (χ4v) is 2.70. The van der Waals surface area contributed by atoms with Crippen molar-refractivity contribution in [1.29, 1.82) is 0 Å². The monoisotopic (exact) mass is 336 g/mol. The molecule has 1 aromatic rings. The standard InChI is InChI=1S/C15H17ClFN2O2.Li.O/c16-13-7-12(8-14(17)9-13)15(21)18-10-11-1-3-19(4-2-11)5-6-20;;/h7-9,11H,1-5,10H2,(H,18,21);;/q;;-2/i10D2;;. The Labute approximate surface area is 151 Å². The molecule has 1 amide bonds. The third kappa shape index (κ3) is 6.62. The summed E-state index contributed by atoms with van der Waals surface area (Å²) in [4.78, 5) is 25.3. The molecule has 8 heteroatoms. The van der Waals surface area contributed by atoms with Crippen LogP contribution in [0.4, 0.5) is 4.39 Å². The molecular weight excluding hydrogens is 318 g/mol. The van der Waals surface area contributed by atoms with Gasteiger partial charge in [0.1, 0.15) is 0 Å². The molecule has 1 saturated heterocycles. The molecule has 0 aromatic heterocycles. The molecule has 0 saturated carbocycles. The number of carbonyl (C=O) groups excluding carboxylic acids is 2. The van der Waals surface area contributed by atoms with Crippen LogP contribution in [0.2, 0.25) is 5.02 Å². The van der Waals surface area contributed by atoms with Gasteiger partial charge in [-0.2, -0.15) is 0 Å². The molecule has 1 aliphatic rings. The molecule has 0 bridgehead atoms. The summed E-state index contributed by atoms with van der Waals surface area (Å²) in [7, 11) is 0. The van der Waals surface area contributed by atoms with Crippen LogP contribution in [0, 0.1) is 11.7 Å². The van der Waals surface area contributed by atoms with Crippen LogP contribution in [0.5, 0.6) is 0 Å². The van der Waals surface area contributed by atoms with Crippen LogP contribution in [-0.4, -0.2) is 59.1 Å². The van der Waals surface area contributed by atoms with Crippen LogP contribution in [0.25, 0.3) is 0 Å². The van der Waals surface area contributed by atoms with Gasteiger partial charge in [0.15, 0.2) is 0 Å². The van der Waals surface area contributed by atoms with Gasteiger partial charge >= 0.3 is 124 Å². The first-order chi connectivity index (χ1) is 11.2. The molecular formula is C15H17ClFLiN2O3-2. The van der Waals surface area contributed by atoms with E-state index in [9.17, 15) is 14.0 Å². The molecule has 0 radical (unpaired) electrons. The quantitative estimate of drug-likeness (QED) is 0.828. The summed E-state index contributed by atoms with van der Waals surface area (Å²) in [5.74, 6) is -1.72. The zero-order valence-corrected chi connectivity index (χ0v) is 13.5. The van der Waals surface area contributed by atoms with Gasteiger partial charge in [0.05, 0.1) is 0 Å². The molecule has 1 heterocycles. The minimum absolute atomic E-state index is 0. The number of hydrogen-bond donors (Lipinski definition) is 1. The molecule has 0 aliphatic carbocycles. The third-order valence-corrected chi connectivity index (χ3v) is 3.77. The smallest absolute Gasteiger partial charge is 2.00 e. The average molecular weight is 337 g/mol. The van der Waals surface area contributed by atoms with Crippen molar-refractivity contribution in [3.63, 3.8) is 0 Å². The van der Waals surface area contributed by atoms with E-state index in [2.05, 4.69) is 5.32 Å². The van der Waals surface area contributed by atoms with Crippen LogP contribution < -0.4 is 5.32 Å². The Kier molecular flexibility index (Phi) is 6.93. The van der Waals surface area contributed by atoms with Gasteiger partial charge in [0.2, 0.25) is 0 Å². The summed E-state index contributed by atoms with van der Waals surface area (Å²) < 4.78 is 29.7. The third-order valence-electron chi connectivity index (χ3n) is 3.55. The van der Waals surface area contributed by atoms with Crippen molar-refractivity contribution in [2.45, 2.75) is 12.8 Å². The normalized spacial score (nSPS) is 17.7. The van der Waals surface area contributed by atoms with E-state index < -0.39 is 18.2 Å². The predicted molar refractivity (Wildman–Crippen MR) is 84.4 cm³/mol. The number of amides is 1. The van der Waals surface area contributed by atoms with Gasteiger partial charge in [-0.15, -0.1) is 0 Å². The minimum Gasteiger partial charge on any atom is -2.00 e. The van der Waals surface area contributed by atoms with E-state index in [0.717, 1.165) is 12.1 Å². The second-order valence-electron chi connectivity index (χ2n) is 5.51. The molecule has 0 unspecified atom stereocenters. The van der Waals surface area contributed by atoms with Crippen LogP contribution in [0.15, 0.2) is 18.2 Å². The number of likely N-dealkylation sites (tertiary alicyclic amines) is 1. The van der Waals surface area contributed by atoms with Gasteiger partial charge in [-0.05, 0) is 6.07 Å². The Hall–Kier alpha value is -0.903. The number of nitrogens with one attached hydrogen (secondary N) is 1. The summed E-state index contributed by atoms with van der Waals surface area (Å²) >= 11 is 7.25. The number of halogens is 2. The van der Waals surface area contributed by atoms with E-state index in [4.69, 9.17) is 14.3 Å². The first-order valence-corrected chi connectivity index (χ1v) is 7.55. The van der Waals surface area contributed by atoms with Gasteiger partial charge < -0.3 is 5.48 Å². The number of carbonyl (C=O) groups is 2. The van der Waals surface area contributed by atoms with Crippen molar-refractivity contribution in [3.05, 3.63) is 34.6 Å². The molecule has 1 N–H and O–H groups in total. The number of piperidine rings is 1. The van der Waals surface area contributed by atoms with Crippen LogP contribution in [-0.2, 0) is 10.3 Å². The maximum absolute atomic E-state index is 13.3. The first-order valence-electron chi connectivity index (χ1n) is 8.18. The Balaban J connectivity index is 0.00000312. The Morgan fingerprint density at radius 1 is 1.39 bits per heavy atom. The van der Waals surface area contributed by atoms with Gasteiger partial charge in [0.25, 0.3) is 0 Å². The summed E-state index contributed by atoms with van der Waals surface area (Å²) in [5, 5.41) is 2.42. The van der Waals surface area contributed by atoms with Crippen molar-refractivity contribution in [1.82, 2.24) is 10.2 Å². The molecule has 1 fully saturated rings. The van der Waals surface area contributed by atoms with Crippen molar-refractivity contribution in [2.75, 3.05) is 26.1 Å².